The molecule has 0 aromatic heterocycles. The zero-order valence-corrected chi connectivity index (χ0v) is 19.3. The van der Waals surface area contributed by atoms with E-state index in [2.05, 4.69) is 22.3 Å². The molecule has 2 aromatic rings. The molecular formula is C21H26Cl4N2O2. The minimum Gasteiger partial charge on any atom is -0.497 e. The van der Waals surface area contributed by atoms with E-state index in [1.165, 1.54) is 11.1 Å². The molecule has 0 amide bonds. The Kier molecular flexibility index (Phi) is 9.36. The van der Waals surface area contributed by atoms with Crippen LogP contribution in [0.15, 0.2) is 36.4 Å². The monoisotopic (exact) mass is 478 g/mol. The molecule has 1 aliphatic heterocycles. The van der Waals surface area contributed by atoms with Gasteiger partial charge < -0.3 is 14.8 Å². The van der Waals surface area contributed by atoms with Crippen molar-refractivity contribution in [3.05, 3.63) is 63.1 Å². The van der Waals surface area contributed by atoms with Crippen LogP contribution in [-0.2, 0) is 17.8 Å². The highest BCUT2D eigenvalue weighted by Crippen LogP contribution is 2.40. The molecule has 2 atom stereocenters. The number of piperazine rings is 1. The first-order valence-electron chi connectivity index (χ1n) is 9.32. The molecule has 160 valence electrons. The highest BCUT2D eigenvalue weighted by Gasteiger charge is 2.38. The van der Waals surface area contributed by atoms with Gasteiger partial charge in [0.2, 0.25) is 0 Å². The minimum atomic E-state index is 0. The smallest absolute Gasteiger partial charge is 0.119 e. The lowest BCUT2D eigenvalue weighted by Crippen LogP contribution is -2.47. The van der Waals surface area contributed by atoms with Gasteiger partial charge in [0.05, 0.1) is 25.9 Å². The number of ether oxygens (including phenoxy) is 2. The zero-order chi connectivity index (χ0) is 18.8. The fraction of sp³-hybridized carbons (Fsp3) is 0.429. The minimum absolute atomic E-state index is 0. The second kappa shape index (κ2) is 11.1. The second-order valence-corrected chi connectivity index (χ2v) is 8.00. The van der Waals surface area contributed by atoms with E-state index in [0.717, 1.165) is 43.9 Å². The first-order valence-corrected chi connectivity index (χ1v) is 10.1. The summed E-state index contributed by atoms with van der Waals surface area (Å²) in [4.78, 5) is 2.53. The van der Waals surface area contributed by atoms with Crippen LogP contribution in [0.1, 0.15) is 22.7 Å². The molecule has 0 bridgehead atoms. The Balaban J connectivity index is 0.00000150. The van der Waals surface area contributed by atoms with E-state index in [0.29, 0.717) is 16.7 Å². The summed E-state index contributed by atoms with van der Waals surface area (Å²) in [7, 11) is 1.72. The Hall–Kier alpha value is -0.720. The normalized spacial score (nSPS) is 21.1. The summed E-state index contributed by atoms with van der Waals surface area (Å²) < 4.78 is 11.9. The number of nitrogens with zero attached hydrogens (tertiary/aromatic N) is 1. The molecule has 1 aliphatic carbocycles. The number of rotatable bonds is 5. The molecule has 0 radical (unpaired) electrons. The summed E-state index contributed by atoms with van der Waals surface area (Å²) in [5.74, 6) is 0.899. The average molecular weight is 480 g/mol. The van der Waals surface area contributed by atoms with Gasteiger partial charge in [0.1, 0.15) is 5.75 Å². The van der Waals surface area contributed by atoms with E-state index in [4.69, 9.17) is 32.7 Å². The standard InChI is InChI=1S/C21H24Cl2N2O2.2ClH/c1-26-18-3-2-15-10-20(27-13-14-8-16(22)11-17(23)9-14)21(19(15)12-18)25-6-4-24-5-7-25;;/h2-3,8-9,11-12,20-21,24H,4-7,10,13H2,1H3;2*1H/t20-,21-;;/m1../s1. The van der Waals surface area contributed by atoms with Crippen LogP contribution in [0.4, 0.5) is 0 Å². The van der Waals surface area contributed by atoms with Crippen LogP contribution in [0.5, 0.6) is 5.75 Å². The van der Waals surface area contributed by atoms with Crippen LogP contribution in [0.25, 0.3) is 0 Å². The first kappa shape index (κ1) is 24.5. The third-order valence-corrected chi connectivity index (χ3v) is 5.81. The van der Waals surface area contributed by atoms with E-state index in [-0.39, 0.29) is 37.0 Å². The quantitative estimate of drug-likeness (QED) is 0.658. The van der Waals surface area contributed by atoms with E-state index < -0.39 is 0 Å². The number of fused-ring (bicyclic) bond motifs is 1. The number of halogens is 4. The second-order valence-electron chi connectivity index (χ2n) is 7.13. The van der Waals surface area contributed by atoms with Crippen LogP contribution in [-0.4, -0.2) is 44.3 Å². The molecule has 4 nitrogen and oxygen atoms in total. The number of hydrogen-bond acceptors (Lipinski definition) is 4. The zero-order valence-electron chi connectivity index (χ0n) is 16.2. The molecule has 2 aliphatic rings. The molecular weight excluding hydrogens is 454 g/mol. The first-order chi connectivity index (χ1) is 13.1. The van der Waals surface area contributed by atoms with Gasteiger partial charge >= 0.3 is 0 Å². The maximum atomic E-state index is 6.40. The largest absolute Gasteiger partial charge is 0.497 e. The van der Waals surface area contributed by atoms with Gasteiger partial charge in [-0.25, -0.2) is 0 Å². The predicted octanol–water partition coefficient (Wildman–Crippen LogP) is 4.93. The van der Waals surface area contributed by atoms with E-state index in [1.807, 2.05) is 18.2 Å². The molecule has 29 heavy (non-hydrogen) atoms. The fourth-order valence-corrected chi connectivity index (χ4v) is 4.70. The van der Waals surface area contributed by atoms with Crippen molar-refractivity contribution in [1.29, 1.82) is 0 Å². The summed E-state index contributed by atoms with van der Waals surface area (Å²) in [5.41, 5.74) is 3.67. The molecule has 0 unspecified atom stereocenters. The summed E-state index contributed by atoms with van der Waals surface area (Å²) in [6, 6.07) is 12.2. The molecule has 8 heteroatoms. The molecule has 0 spiro atoms. The highest BCUT2D eigenvalue weighted by molar-refractivity contribution is 6.34. The lowest BCUT2D eigenvalue weighted by atomic mass is 10.0. The summed E-state index contributed by atoms with van der Waals surface area (Å²) >= 11 is 12.3. The fourth-order valence-electron chi connectivity index (χ4n) is 4.13. The third-order valence-electron chi connectivity index (χ3n) is 5.38. The summed E-state index contributed by atoms with van der Waals surface area (Å²) in [6.45, 7) is 4.55. The average Bonchev–Trinajstić information content (AvgIpc) is 3.03. The Morgan fingerprint density at radius 1 is 1.03 bits per heavy atom. The third kappa shape index (κ3) is 5.71. The number of methoxy groups -OCH3 is 1. The molecule has 1 N–H and O–H groups in total. The molecule has 1 fully saturated rings. The number of nitrogens with one attached hydrogen (secondary N) is 1. The van der Waals surface area contributed by atoms with E-state index in [1.54, 1.807) is 13.2 Å². The maximum Gasteiger partial charge on any atom is 0.119 e. The molecule has 1 saturated heterocycles. The van der Waals surface area contributed by atoms with Crippen molar-refractivity contribution in [1.82, 2.24) is 10.2 Å². The van der Waals surface area contributed by atoms with Crippen LogP contribution in [0, 0.1) is 0 Å². The Bertz CT molecular complexity index is 795. The van der Waals surface area contributed by atoms with Crippen molar-refractivity contribution >= 4 is 48.0 Å². The lowest BCUT2D eigenvalue weighted by Gasteiger charge is -2.36. The Labute approximate surface area is 194 Å². The van der Waals surface area contributed by atoms with Crippen molar-refractivity contribution in [2.45, 2.75) is 25.2 Å². The maximum absolute atomic E-state index is 6.40. The van der Waals surface area contributed by atoms with Crippen LogP contribution in [0.3, 0.4) is 0 Å². The number of benzene rings is 2. The van der Waals surface area contributed by atoms with Gasteiger partial charge in [-0.2, -0.15) is 0 Å². The Morgan fingerprint density at radius 3 is 2.38 bits per heavy atom. The van der Waals surface area contributed by atoms with Crippen LogP contribution in [0.2, 0.25) is 10.0 Å². The number of hydrogen-bond donors (Lipinski definition) is 1. The van der Waals surface area contributed by atoms with Gasteiger partial charge in [-0.1, -0.05) is 29.3 Å². The molecule has 1 heterocycles. The molecule has 2 aromatic carbocycles. The van der Waals surface area contributed by atoms with Crippen LogP contribution >= 0.6 is 48.0 Å². The summed E-state index contributed by atoms with van der Waals surface area (Å²) in [5, 5.41) is 4.71. The van der Waals surface area contributed by atoms with Gasteiger partial charge in [-0.15, -0.1) is 24.8 Å². The molecule has 0 saturated carbocycles. The van der Waals surface area contributed by atoms with Crippen molar-refractivity contribution < 1.29 is 9.47 Å². The van der Waals surface area contributed by atoms with Gasteiger partial charge in [-0.3, -0.25) is 4.90 Å². The Morgan fingerprint density at radius 2 is 1.72 bits per heavy atom. The highest BCUT2D eigenvalue weighted by atomic mass is 35.5. The molecule has 4 rings (SSSR count). The van der Waals surface area contributed by atoms with E-state index >= 15 is 0 Å². The van der Waals surface area contributed by atoms with Crippen molar-refractivity contribution in [3.63, 3.8) is 0 Å². The lowest BCUT2D eigenvalue weighted by molar-refractivity contribution is -0.0188. The van der Waals surface area contributed by atoms with Gasteiger partial charge in [0, 0.05) is 42.6 Å². The topological polar surface area (TPSA) is 33.7 Å². The van der Waals surface area contributed by atoms with Crippen molar-refractivity contribution in [2.75, 3.05) is 33.3 Å². The predicted molar refractivity (Wildman–Crippen MR) is 123 cm³/mol. The van der Waals surface area contributed by atoms with Crippen molar-refractivity contribution in [2.24, 2.45) is 0 Å². The summed E-state index contributed by atoms with van der Waals surface area (Å²) in [6.07, 6.45) is 1.00. The SMILES string of the molecule is COc1ccc2c(c1)[C@@H](N1CCNCC1)[C@H](OCc1cc(Cl)cc(Cl)c1)C2.Cl.Cl. The van der Waals surface area contributed by atoms with Crippen LogP contribution < -0.4 is 10.1 Å². The van der Waals surface area contributed by atoms with Gasteiger partial charge in [-0.05, 0) is 47.0 Å². The van der Waals surface area contributed by atoms with Gasteiger partial charge in [0.25, 0.3) is 0 Å². The van der Waals surface area contributed by atoms with E-state index in [9.17, 15) is 0 Å². The van der Waals surface area contributed by atoms with Crippen molar-refractivity contribution in [3.8, 4) is 5.75 Å². The van der Waals surface area contributed by atoms with Gasteiger partial charge in [0.15, 0.2) is 0 Å².